The Bertz CT molecular complexity index is 509. The van der Waals surface area contributed by atoms with Gasteiger partial charge in [-0.3, -0.25) is 0 Å². The molecule has 2 amide bonds. The molecule has 114 valence electrons. The van der Waals surface area contributed by atoms with Gasteiger partial charge in [0.1, 0.15) is 11.8 Å². The molecule has 6 nitrogen and oxygen atoms in total. The summed E-state index contributed by atoms with van der Waals surface area (Å²) < 4.78 is 5.04. The van der Waals surface area contributed by atoms with E-state index in [9.17, 15) is 9.59 Å². The number of carboxylic acid groups (broad SMARTS) is 1. The van der Waals surface area contributed by atoms with E-state index in [0.29, 0.717) is 0 Å². The lowest BCUT2D eigenvalue weighted by Crippen LogP contribution is -2.47. The number of carbonyl (C=O) groups is 2. The van der Waals surface area contributed by atoms with Crippen LogP contribution in [0.2, 0.25) is 0 Å². The van der Waals surface area contributed by atoms with Crippen molar-refractivity contribution in [3.63, 3.8) is 0 Å². The molecule has 3 N–H and O–H groups in total. The van der Waals surface area contributed by atoms with Crippen LogP contribution in [-0.4, -0.2) is 30.3 Å². The van der Waals surface area contributed by atoms with Crippen molar-refractivity contribution in [3.05, 3.63) is 36.0 Å². The second kappa shape index (κ2) is 7.94. The first-order chi connectivity index (χ1) is 9.93. The molecule has 1 aromatic rings. The molecule has 0 heterocycles. The van der Waals surface area contributed by atoms with E-state index in [-0.39, 0.29) is 5.92 Å². The van der Waals surface area contributed by atoms with E-state index in [1.807, 2.05) is 12.1 Å². The second-order valence-electron chi connectivity index (χ2n) is 4.78. The van der Waals surface area contributed by atoms with Crippen LogP contribution in [0.1, 0.15) is 19.4 Å². The van der Waals surface area contributed by atoms with Gasteiger partial charge >= 0.3 is 12.0 Å². The van der Waals surface area contributed by atoms with Gasteiger partial charge in [0.15, 0.2) is 0 Å². The van der Waals surface area contributed by atoms with Crippen LogP contribution in [0.3, 0.4) is 0 Å². The van der Waals surface area contributed by atoms with Gasteiger partial charge in [0.25, 0.3) is 0 Å². The SMILES string of the molecule is COc1ccc(/C=C/NC(=O)NC(C(=O)O)C(C)C)cc1. The predicted octanol–water partition coefficient (Wildman–Crippen LogP) is 2.07. The number of ether oxygens (including phenoxy) is 1. The molecule has 1 unspecified atom stereocenters. The zero-order valence-corrected chi connectivity index (χ0v) is 12.3. The van der Waals surface area contributed by atoms with Crippen molar-refractivity contribution in [1.29, 1.82) is 0 Å². The largest absolute Gasteiger partial charge is 0.497 e. The Hall–Kier alpha value is -2.50. The van der Waals surface area contributed by atoms with Crippen LogP contribution in [0.5, 0.6) is 5.75 Å². The first-order valence-electron chi connectivity index (χ1n) is 6.54. The lowest BCUT2D eigenvalue weighted by molar-refractivity contribution is -0.140. The van der Waals surface area contributed by atoms with Crippen LogP contribution in [0, 0.1) is 5.92 Å². The lowest BCUT2D eigenvalue weighted by atomic mass is 10.1. The topological polar surface area (TPSA) is 87.7 Å². The Labute approximate surface area is 123 Å². The third-order valence-corrected chi connectivity index (χ3v) is 2.83. The molecule has 0 spiro atoms. The number of rotatable bonds is 6. The fourth-order valence-electron chi connectivity index (χ4n) is 1.63. The summed E-state index contributed by atoms with van der Waals surface area (Å²) in [4.78, 5) is 22.6. The van der Waals surface area contributed by atoms with Gasteiger partial charge in [0.2, 0.25) is 0 Å². The average molecular weight is 292 g/mol. The summed E-state index contributed by atoms with van der Waals surface area (Å²) in [7, 11) is 1.59. The molecular formula is C15H20N2O4. The number of urea groups is 1. The number of amides is 2. The highest BCUT2D eigenvalue weighted by Crippen LogP contribution is 2.11. The van der Waals surface area contributed by atoms with E-state index in [0.717, 1.165) is 11.3 Å². The highest BCUT2D eigenvalue weighted by molar-refractivity contribution is 5.83. The summed E-state index contributed by atoms with van der Waals surface area (Å²) in [6.07, 6.45) is 3.15. The number of carbonyl (C=O) groups excluding carboxylic acids is 1. The Morgan fingerprint density at radius 3 is 2.33 bits per heavy atom. The molecule has 6 heteroatoms. The minimum atomic E-state index is -1.06. The molecule has 0 aliphatic rings. The van der Waals surface area contributed by atoms with Crippen LogP contribution in [0.4, 0.5) is 4.79 Å². The van der Waals surface area contributed by atoms with Gasteiger partial charge in [0, 0.05) is 6.20 Å². The van der Waals surface area contributed by atoms with Crippen LogP contribution >= 0.6 is 0 Å². The summed E-state index contributed by atoms with van der Waals surface area (Å²) in [5.74, 6) is -0.503. The molecule has 0 aromatic heterocycles. The first-order valence-corrected chi connectivity index (χ1v) is 6.54. The molecule has 1 atom stereocenters. The van der Waals surface area contributed by atoms with E-state index < -0.39 is 18.0 Å². The molecule has 0 saturated heterocycles. The van der Waals surface area contributed by atoms with Gasteiger partial charge in [-0.2, -0.15) is 0 Å². The zero-order valence-electron chi connectivity index (χ0n) is 12.3. The molecule has 0 aliphatic carbocycles. The van der Waals surface area contributed by atoms with Crippen molar-refractivity contribution in [2.75, 3.05) is 7.11 Å². The van der Waals surface area contributed by atoms with E-state index >= 15 is 0 Å². The minimum Gasteiger partial charge on any atom is -0.497 e. The fraction of sp³-hybridized carbons (Fsp3) is 0.333. The van der Waals surface area contributed by atoms with Gasteiger partial charge in [-0.1, -0.05) is 26.0 Å². The van der Waals surface area contributed by atoms with Crippen molar-refractivity contribution >= 4 is 18.1 Å². The van der Waals surface area contributed by atoms with Crippen LogP contribution < -0.4 is 15.4 Å². The molecular weight excluding hydrogens is 272 g/mol. The van der Waals surface area contributed by atoms with Gasteiger partial charge in [-0.05, 0) is 29.7 Å². The van der Waals surface area contributed by atoms with Crippen LogP contribution in [0.25, 0.3) is 6.08 Å². The maximum atomic E-state index is 11.6. The standard InChI is InChI=1S/C15H20N2O4/c1-10(2)13(14(18)19)17-15(20)16-9-8-11-4-6-12(21-3)7-5-11/h4-10,13H,1-3H3,(H,18,19)(H2,16,17,20)/b9-8+. The summed E-state index contributed by atoms with van der Waals surface area (Å²) in [6.45, 7) is 3.46. The van der Waals surface area contributed by atoms with Crippen molar-refractivity contribution in [2.45, 2.75) is 19.9 Å². The molecule has 0 saturated carbocycles. The van der Waals surface area contributed by atoms with Crippen molar-refractivity contribution < 1.29 is 19.4 Å². The van der Waals surface area contributed by atoms with E-state index in [1.54, 1.807) is 39.2 Å². The molecule has 0 radical (unpaired) electrons. The Morgan fingerprint density at radius 1 is 1.24 bits per heavy atom. The highest BCUT2D eigenvalue weighted by atomic mass is 16.5. The molecule has 1 rings (SSSR count). The zero-order chi connectivity index (χ0) is 15.8. The Morgan fingerprint density at radius 2 is 1.86 bits per heavy atom. The number of hydrogen-bond acceptors (Lipinski definition) is 3. The maximum absolute atomic E-state index is 11.6. The number of carboxylic acids is 1. The normalized spacial score (nSPS) is 12.2. The summed E-state index contributed by atoms with van der Waals surface area (Å²) in [5.41, 5.74) is 0.884. The monoisotopic (exact) mass is 292 g/mol. The summed E-state index contributed by atoms with van der Waals surface area (Å²) in [6, 6.07) is 5.81. The summed E-state index contributed by atoms with van der Waals surface area (Å²) >= 11 is 0. The smallest absolute Gasteiger partial charge is 0.326 e. The second-order valence-corrected chi connectivity index (χ2v) is 4.78. The van der Waals surface area contributed by atoms with Gasteiger partial charge in [-0.25, -0.2) is 9.59 Å². The molecule has 0 fully saturated rings. The van der Waals surface area contributed by atoms with Crippen molar-refractivity contribution in [1.82, 2.24) is 10.6 Å². The third kappa shape index (κ3) is 5.56. The van der Waals surface area contributed by atoms with E-state index in [2.05, 4.69) is 10.6 Å². The number of benzene rings is 1. The lowest BCUT2D eigenvalue weighted by Gasteiger charge is -2.17. The van der Waals surface area contributed by atoms with Crippen molar-refractivity contribution in [3.8, 4) is 5.75 Å². The van der Waals surface area contributed by atoms with E-state index in [1.165, 1.54) is 6.20 Å². The third-order valence-electron chi connectivity index (χ3n) is 2.83. The average Bonchev–Trinajstić information content (AvgIpc) is 2.45. The number of nitrogens with one attached hydrogen (secondary N) is 2. The molecule has 21 heavy (non-hydrogen) atoms. The fourth-order valence-corrected chi connectivity index (χ4v) is 1.63. The molecule has 0 bridgehead atoms. The van der Waals surface area contributed by atoms with Gasteiger partial charge in [-0.15, -0.1) is 0 Å². The predicted molar refractivity (Wildman–Crippen MR) is 80.0 cm³/mol. The first kappa shape index (κ1) is 16.6. The highest BCUT2D eigenvalue weighted by Gasteiger charge is 2.22. The van der Waals surface area contributed by atoms with Crippen LogP contribution in [0.15, 0.2) is 30.5 Å². The van der Waals surface area contributed by atoms with Crippen LogP contribution in [-0.2, 0) is 4.79 Å². The van der Waals surface area contributed by atoms with Gasteiger partial charge < -0.3 is 20.5 Å². The van der Waals surface area contributed by atoms with Crippen molar-refractivity contribution in [2.24, 2.45) is 5.92 Å². The maximum Gasteiger partial charge on any atom is 0.326 e. The quantitative estimate of drug-likeness (QED) is 0.749. The Kier molecular flexibility index (Phi) is 6.26. The number of hydrogen-bond donors (Lipinski definition) is 3. The minimum absolute atomic E-state index is 0.196. The molecule has 0 aliphatic heterocycles. The Balaban J connectivity index is 2.51. The number of methoxy groups -OCH3 is 1. The summed E-state index contributed by atoms with van der Waals surface area (Å²) in [5, 5.41) is 13.8. The molecule has 1 aromatic carbocycles. The van der Waals surface area contributed by atoms with Gasteiger partial charge in [0.05, 0.1) is 7.11 Å². The number of aliphatic carboxylic acids is 1. The van der Waals surface area contributed by atoms with E-state index in [4.69, 9.17) is 9.84 Å².